The highest BCUT2D eigenvalue weighted by atomic mass is 16.6. The predicted octanol–water partition coefficient (Wildman–Crippen LogP) is 4.19. The molecule has 1 heterocycles. The van der Waals surface area contributed by atoms with Crippen molar-refractivity contribution >= 4 is 6.09 Å². The van der Waals surface area contributed by atoms with Crippen molar-refractivity contribution in [3.63, 3.8) is 0 Å². The number of carbonyl (C=O) groups excluding carboxylic acids is 1. The minimum Gasteiger partial charge on any atom is -0.444 e. The summed E-state index contributed by atoms with van der Waals surface area (Å²) in [5.41, 5.74) is -0.412. The molecule has 1 saturated carbocycles. The van der Waals surface area contributed by atoms with Crippen LogP contribution in [0.15, 0.2) is 0 Å². The predicted molar refractivity (Wildman–Crippen MR) is 94.5 cm³/mol. The average Bonchev–Trinajstić information content (AvgIpc) is 3.00. The second kappa shape index (κ2) is 7.87. The molecule has 0 bridgehead atoms. The second-order valence-electron chi connectivity index (χ2n) is 8.62. The first kappa shape index (κ1) is 18.6. The molecule has 0 spiro atoms. The Morgan fingerprint density at radius 1 is 1.04 bits per heavy atom. The molecule has 134 valence electrons. The van der Waals surface area contributed by atoms with Crippen LogP contribution in [0.2, 0.25) is 0 Å². The van der Waals surface area contributed by atoms with Gasteiger partial charge in [0.1, 0.15) is 5.60 Å². The maximum atomic E-state index is 12.3. The molecular weight excluding hydrogens is 288 g/mol. The van der Waals surface area contributed by atoms with E-state index in [1.807, 2.05) is 25.7 Å². The van der Waals surface area contributed by atoms with Crippen molar-refractivity contribution in [3.05, 3.63) is 0 Å². The van der Waals surface area contributed by atoms with Crippen LogP contribution < -0.4 is 5.32 Å². The number of carbonyl (C=O) groups is 1. The highest BCUT2D eigenvalue weighted by Gasteiger charge is 2.31. The quantitative estimate of drug-likeness (QED) is 0.843. The van der Waals surface area contributed by atoms with E-state index in [0.29, 0.717) is 18.0 Å². The second-order valence-corrected chi connectivity index (χ2v) is 8.62. The van der Waals surface area contributed by atoms with Gasteiger partial charge in [0.15, 0.2) is 0 Å². The van der Waals surface area contributed by atoms with Crippen LogP contribution in [0.1, 0.15) is 73.1 Å². The van der Waals surface area contributed by atoms with E-state index in [0.717, 1.165) is 25.4 Å². The van der Waals surface area contributed by atoms with Crippen LogP contribution in [0, 0.1) is 11.8 Å². The number of rotatable bonds is 4. The lowest BCUT2D eigenvalue weighted by atomic mass is 9.90. The van der Waals surface area contributed by atoms with Gasteiger partial charge in [0.05, 0.1) is 0 Å². The minimum absolute atomic E-state index is 0.154. The fourth-order valence-corrected chi connectivity index (χ4v) is 4.05. The zero-order chi connectivity index (χ0) is 17.0. The number of piperidine rings is 1. The highest BCUT2D eigenvalue weighted by Crippen LogP contribution is 2.29. The van der Waals surface area contributed by atoms with E-state index >= 15 is 0 Å². The van der Waals surface area contributed by atoms with Gasteiger partial charge in [-0.25, -0.2) is 4.79 Å². The van der Waals surface area contributed by atoms with Crippen LogP contribution in [-0.2, 0) is 4.74 Å². The van der Waals surface area contributed by atoms with Gasteiger partial charge < -0.3 is 15.0 Å². The number of ether oxygens (including phenoxy) is 1. The molecule has 1 aliphatic heterocycles. The number of nitrogens with zero attached hydrogens (tertiary/aromatic N) is 1. The Kier molecular flexibility index (Phi) is 6.35. The Morgan fingerprint density at radius 2 is 1.61 bits per heavy atom. The molecule has 0 aromatic heterocycles. The van der Waals surface area contributed by atoms with Crippen molar-refractivity contribution in [2.75, 3.05) is 13.1 Å². The Balaban J connectivity index is 1.83. The van der Waals surface area contributed by atoms with Crippen LogP contribution in [0.3, 0.4) is 0 Å². The van der Waals surface area contributed by atoms with Crippen molar-refractivity contribution in [1.29, 1.82) is 0 Å². The van der Waals surface area contributed by atoms with E-state index in [-0.39, 0.29) is 6.09 Å². The molecule has 2 aliphatic rings. The summed E-state index contributed by atoms with van der Waals surface area (Å²) in [4.78, 5) is 14.2. The molecule has 2 fully saturated rings. The maximum Gasteiger partial charge on any atom is 0.410 e. The lowest BCUT2D eigenvalue weighted by Gasteiger charge is -2.38. The molecule has 0 aromatic rings. The van der Waals surface area contributed by atoms with Crippen molar-refractivity contribution in [2.24, 2.45) is 11.8 Å². The van der Waals surface area contributed by atoms with E-state index < -0.39 is 5.60 Å². The summed E-state index contributed by atoms with van der Waals surface area (Å²) in [7, 11) is 0. The summed E-state index contributed by atoms with van der Waals surface area (Å²) in [6, 6.07) is 1.04. The monoisotopic (exact) mass is 324 g/mol. The third-order valence-electron chi connectivity index (χ3n) is 5.45. The van der Waals surface area contributed by atoms with Gasteiger partial charge in [0, 0.05) is 25.2 Å². The lowest BCUT2D eigenvalue weighted by Crippen LogP contribution is -2.50. The van der Waals surface area contributed by atoms with Crippen LogP contribution in [0.25, 0.3) is 0 Å². The summed E-state index contributed by atoms with van der Waals surface area (Å²) >= 11 is 0. The smallest absolute Gasteiger partial charge is 0.410 e. The molecule has 3 atom stereocenters. The number of amides is 1. The van der Waals surface area contributed by atoms with Crippen molar-refractivity contribution < 1.29 is 9.53 Å². The Hall–Kier alpha value is -0.770. The van der Waals surface area contributed by atoms with Crippen LogP contribution in [-0.4, -0.2) is 41.8 Å². The zero-order valence-electron chi connectivity index (χ0n) is 15.7. The summed E-state index contributed by atoms with van der Waals surface area (Å²) in [6.45, 7) is 12.1. The van der Waals surface area contributed by atoms with E-state index in [2.05, 4.69) is 19.2 Å². The molecule has 2 rings (SSSR count). The van der Waals surface area contributed by atoms with Gasteiger partial charge in [-0.1, -0.05) is 12.8 Å². The molecule has 1 N–H and O–H groups in total. The third kappa shape index (κ3) is 5.66. The van der Waals surface area contributed by atoms with Crippen LogP contribution >= 0.6 is 0 Å². The number of nitrogens with one attached hydrogen (secondary N) is 1. The molecule has 2 unspecified atom stereocenters. The molecular formula is C19H36N2O2. The van der Waals surface area contributed by atoms with Gasteiger partial charge >= 0.3 is 6.09 Å². The minimum atomic E-state index is -0.412. The van der Waals surface area contributed by atoms with Gasteiger partial charge in [0.2, 0.25) is 0 Å². The Morgan fingerprint density at radius 3 is 2.22 bits per heavy atom. The fourth-order valence-electron chi connectivity index (χ4n) is 4.05. The Bertz CT molecular complexity index is 385. The van der Waals surface area contributed by atoms with E-state index in [1.165, 1.54) is 32.1 Å². The first-order chi connectivity index (χ1) is 10.8. The average molecular weight is 325 g/mol. The molecule has 1 amide bonds. The summed E-state index contributed by atoms with van der Waals surface area (Å²) in [5, 5.41) is 3.82. The first-order valence-electron chi connectivity index (χ1n) is 9.50. The highest BCUT2D eigenvalue weighted by molar-refractivity contribution is 5.68. The molecule has 23 heavy (non-hydrogen) atoms. The lowest BCUT2D eigenvalue weighted by molar-refractivity contribution is 0.0145. The molecule has 0 radical (unpaired) electrons. The standard InChI is InChI=1S/C19H36N2O2/c1-14(16-9-6-7-10-16)20-15(2)17-11-8-12-21(13-17)18(22)23-19(3,4)5/h14-17,20H,6-13H2,1-5H3/t14-,15?,17?/m1/s1. The Labute approximate surface area is 142 Å². The summed E-state index contributed by atoms with van der Waals surface area (Å²) in [5.74, 6) is 1.36. The van der Waals surface area contributed by atoms with Crippen molar-refractivity contribution in [2.45, 2.75) is 90.8 Å². The molecule has 0 aromatic carbocycles. The van der Waals surface area contributed by atoms with Gasteiger partial charge in [-0.15, -0.1) is 0 Å². The number of hydrogen-bond acceptors (Lipinski definition) is 3. The van der Waals surface area contributed by atoms with Gasteiger partial charge in [-0.3, -0.25) is 0 Å². The van der Waals surface area contributed by atoms with Crippen molar-refractivity contribution in [3.8, 4) is 0 Å². The molecule has 4 heteroatoms. The van der Waals surface area contributed by atoms with E-state index in [1.54, 1.807) is 0 Å². The van der Waals surface area contributed by atoms with Gasteiger partial charge in [-0.2, -0.15) is 0 Å². The molecule has 1 aliphatic carbocycles. The van der Waals surface area contributed by atoms with E-state index in [4.69, 9.17) is 4.74 Å². The molecule has 1 saturated heterocycles. The largest absolute Gasteiger partial charge is 0.444 e. The van der Waals surface area contributed by atoms with Crippen LogP contribution in [0.5, 0.6) is 0 Å². The van der Waals surface area contributed by atoms with Gasteiger partial charge in [-0.05, 0) is 72.1 Å². The fraction of sp³-hybridized carbons (Fsp3) is 0.947. The summed E-state index contributed by atoms with van der Waals surface area (Å²) < 4.78 is 5.53. The topological polar surface area (TPSA) is 41.6 Å². The zero-order valence-corrected chi connectivity index (χ0v) is 15.7. The van der Waals surface area contributed by atoms with Crippen LogP contribution in [0.4, 0.5) is 4.79 Å². The normalized spacial score (nSPS) is 26.1. The maximum absolute atomic E-state index is 12.3. The van der Waals surface area contributed by atoms with Gasteiger partial charge in [0.25, 0.3) is 0 Å². The SMILES string of the molecule is CC(N[C@H](C)C1CCCC1)C1CCCN(C(=O)OC(C)(C)C)C1. The van der Waals surface area contributed by atoms with E-state index in [9.17, 15) is 4.79 Å². The molecule has 4 nitrogen and oxygen atoms in total. The number of hydrogen-bond donors (Lipinski definition) is 1. The number of likely N-dealkylation sites (tertiary alicyclic amines) is 1. The van der Waals surface area contributed by atoms with Crippen molar-refractivity contribution in [1.82, 2.24) is 10.2 Å². The summed E-state index contributed by atoms with van der Waals surface area (Å²) in [6.07, 6.45) is 7.64. The first-order valence-corrected chi connectivity index (χ1v) is 9.50. The third-order valence-corrected chi connectivity index (χ3v) is 5.45.